The number of allylic oxidation sites excluding steroid dienone is 2. The molecule has 1 saturated heterocycles. The van der Waals surface area contributed by atoms with Crippen LogP contribution in [0.25, 0.3) is 16.7 Å². The van der Waals surface area contributed by atoms with E-state index in [1.54, 1.807) is 18.3 Å². The zero-order chi connectivity index (χ0) is 26.6. The number of aliphatic imine (C=N–C) groups is 1. The summed E-state index contributed by atoms with van der Waals surface area (Å²) in [5, 5.41) is -0.891. The molecule has 3 N–H and O–H groups in total. The Kier molecular flexibility index (Phi) is 8.56. The van der Waals surface area contributed by atoms with Crippen molar-refractivity contribution < 1.29 is 31.2 Å². The molecule has 1 aliphatic heterocycles. The number of anilines is 1. The summed E-state index contributed by atoms with van der Waals surface area (Å²) >= 11 is -1.94. The maximum atomic E-state index is 13.9. The fraction of sp³-hybridized carbons (Fsp3) is 0.346. The van der Waals surface area contributed by atoms with Gasteiger partial charge in [0.15, 0.2) is 5.25 Å². The third-order valence-electron chi connectivity index (χ3n) is 6.27. The maximum absolute atomic E-state index is 13.9. The molecular formula is C26H26F5N3O2S. The number of hydrogen-bond acceptors (Lipinski definition) is 5. The van der Waals surface area contributed by atoms with Crippen molar-refractivity contribution in [3.8, 4) is 11.1 Å². The van der Waals surface area contributed by atoms with Crippen LogP contribution in [0.4, 0.5) is 27.6 Å². The first-order valence-electron chi connectivity index (χ1n) is 11.7. The predicted octanol–water partition coefficient (Wildman–Crippen LogP) is 5.76. The fourth-order valence-electron chi connectivity index (χ4n) is 4.27. The molecule has 2 aliphatic rings. The summed E-state index contributed by atoms with van der Waals surface area (Å²) < 4.78 is 88.9. The highest BCUT2D eigenvalue weighted by Crippen LogP contribution is 2.38. The third kappa shape index (κ3) is 6.91. The lowest BCUT2D eigenvalue weighted by molar-refractivity contribution is -0.175. The Bertz CT molecular complexity index is 1170. The third-order valence-corrected chi connectivity index (χ3v) is 7.59. The molecule has 0 spiro atoms. The Balaban J connectivity index is 1.67. The largest absolute Gasteiger partial charge is 0.593 e. The van der Waals surface area contributed by atoms with E-state index in [9.17, 15) is 26.5 Å². The van der Waals surface area contributed by atoms with Crippen LogP contribution >= 0.6 is 0 Å². The van der Waals surface area contributed by atoms with E-state index in [0.29, 0.717) is 29.9 Å². The zero-order valence-corrected chi connectivity index (χ0v) is 20.5. The molecule has 0 bridgehead atoms. The van der Waals surface area contributed by atoms with Gasteiger partial charge in [0.1, 0.15) is 11.6 Å². The van der Waals surface area contributed by atoms with E-state index in [1.807, 2.05) is 0 Å². The molecule has 37 heavy (non-hydrogen) atoms. The molecule has 4 atom stereocenters. The van der Waals surface area contributed by atoms with Crippen molar-refractivity contribution in [2.45, 2.75) is 36.7 Å². The molecule has 11 heteroatoms. The van der Waals surface area contributed by atoms with Crippen molar-refractivity contribution in [1.29, 1.82) is 0 Å². The number of nitrogens with two attached hydrogens (primary N) is 1. The van der Waals surface area contributed by atoms with Crippen molar-refractivity contribution in [1.82, 2.24) is 0 Å². The summed E-state index contributed by atoms with van der Waals surface area (Å²) in [5.41, 5.74) is 7.73. The van der Waals surface area contributed by atoms with Crippen LogP contribution < -0.4 is 10.5 Å². The van der Waals surface area contributed by atoms with E-state index in [1.165, 1.54) is 24.4 Å². The van der Waals surface area contributed by atoms with Crippen LogP contribution in [0, 0.1) is 17.6 Å². The Morgan fingerprint density at radius 2 is 1.89 bits per heavy atom. The van der Waals surface area contributed by atoms with Gasteiger partial charge in [0.05, 0.1) is 35.6 Å². The monoisotopic (exact) mass is 539 g/mol. The van der Waals surface area contributed by atoms with Crippen LogP contribution in [-0.4, -0.2) is 41.4 Å². The minimum atomic E-state index is -4.39. The van der Waals surface area contributed by atoms with Gasteiger partial charge in [0.25, 0.3) is 0 Å². The summed E-state index contributed by atoms with van der Waals surface area (Å²) in [6.45, 7) is 1.07. The Hall–Kier alpha value is -2.89. The van der Waals surface area contributed by atoms with Gasteiger partial charge >= 0.3 is 6.18 Å². The lowest BCUT2D eigenvalue weighted by atomic mass is 9.94. The summed E-state index contributed by atoms with van der Waals surface area (Å²) in [5.74, 6) is -3.12. The zero-order valence-electron chi connectivity index (χ0n) is 19.7. The van der Waals surface area contributed by atoms with Gasteiger partial charge in [-0.2, -0.15) is 13.2 Å². The van der Waals surface area contributed by atoms with Gasteiger partial charge in [0, 0.05) is 42.6 Å². The molecule has 4 unspecified atom stereocenters. The summed E-state index contributed by atoms with van der Waals surface area (Å²) in [7, 11) is 0. The van der Waals surface area contributed by atoms with Gasteiger partial charge in [-0.3, -0.25) is 4.99 Å². The average Bonchev–Trinajstić information content (AvgIpc) is 3.38. The summed E-state index contributed by atoms with van der Waals surface area (Å²) in [6, 6.07) is 7.79. The number of halogens is 5. The number of benzene rings is 2. The van der Waals surface area contributed by atoms with E-state index in [4.69, 9.17) is 10.5 Å². The smallest absolute Gasteiger partial charge is 0.392 e. The average molecular weight is 540 g/mol. The Morgan fingerprint density at radius 3 is 2.54 bits per heavy atom. The molecule has 1 heterocycles. The molecule has 1 fully saturated rings. The molecule has 0 amide bonds. The number of rotatable bonds is 7. The molecule has 0 aromatic heterocycles. The number of alkyl halides is 3. The number of nitrogens with zero attached hydrogens (tertiary/aromatic N) is 1. The SMILES string of the molecule is NC=C(C=NC1CCOC1)c1ccc(-c2cc(F)cc(F)c2)cc1N[S+]([O-])C1C=CCC(C(F)(F)F)C1. The van der Waals surface area contributed by atoms with E-state index in [0.717, 1.165) is 24.6 Å². The number of hydrogen-bond donors (Lipinski definition) is 2. The van der Waals surface area contributed by atoms with Crippen molar-refractivity contribution in [3.63, 3.8) is 0 Å². The molecule has 5 nitrogen and oxygen atoms in total. The van der Waals surface area contributed by atoms with Gasteiger partial charge in [-0.05, 0) is 48.2 Å². The highest BCUT2D eigenvalue weighted by molar-refractivity contribution is 7.93. The van der Waals surface area contributed by atoms with Crippen molar-refractivity contribution in [2.24, 2.45) is 16.6 Å². The van der Waals surface area contributed by atoms with E-state index in [2.05, 4.69) is 9.71 Å². The second-order valence-electron chi connectivity index (χ2n) is 8.91. The van der Waals surface area contributed by atoms with Crippen LogP contribution in [0.1, 0.15) is 24.8 Å². The molecule has 2 aromatic carbocycles. The first kappa shape index (κ1) is 27.2. The highest BCUT2D eigenvalue weighted by Gasteiger charge is 2.43. The molecule has 198 valence electrons. The molecular weight excluding hydrogens is 513 g/mol. The molecule has 2 aromatic rings. The first-order chi connectivity index (χ1) is 17.6. The van der Waals surface area contributed by atoms with Crippen LogP contribution in [0.5, 0.6) is 0 Å². The van der Waals surface area contributed by atoms with Gasteiger partial charge in [-0.25, -0.2) is 13.5 Å². The minimum Gasteiger partial charge on any atom is -0.593 e. The summed E-state index contributed by atoms with van der Waals surface area (Å²) in [4.78, 5) is 4.48. The highest BCUT2D eigenvalue weighted by atomic mass is 32.2. The van der Waals surface area contributed by atoms with E-state index in [-0.39, 0.29) is 30.1 Å². The maximum Gasteiger partial charge on any atom is 0.392 e. The lowest BCUT2D eigenvalue weighted by Crippen LogP contribution is -2.35. The topological polar surface area (TPSA) is 82.7 Å². The van der Waals surface area contributed by atoms with Crippen molar-refractivity contribution in [2.75, 3.05) is 17.9 Å². The fourth-order valence-corrected chi connectivity index (χ4v) is 5.47. The molecule has 0 radical (unpaired) electrons. The molecule has 1 aliphatic carbocycles. The van der Waals surface area contributed by atoms with E-state index < -0.39 is 40.3 Å². The predicted molar refractivity (Wildman–Crippen MR) is 135 cm³/mol. The van der Waals surface area contributed by atoms with Crippen molar-refractivity contribution >= 4 is 28.8 Å². The van der Waals surface area contributed by atoms with Gasteiger partial charge in [-0.1, -0.05) is 18.2 Å². The van der Waals surface area contributed by atoms with Crippen LogP contribution in [-0.2, 0) is 16.1 Å². The quantitative estimate of drug-likeness (QED) is 0.203. The lowest BCUT2D eigenvalue weighted by Gasteiger charge is -2.28. The minimum absolute atomic E-state index is 0.0401. The van der Waals surface area contributed by atoms with Gasteiger partial charge < -0.3 is 15.0 Å². The number of ether oxygens (including phenoxy) is 1. The Morgan fingerprint density at radius 1 is 1.14 bits per heavy atom. The molecule has 4 rings (SSSR count). The first-order valence-corrected chi connectivity index (χ1v) is 12.9. The van der Waals surface area contributed by atoms with E-state index >= 15 is 0 Å². The molecule has 0 saturated carbocycles. The standard InChI is InChI=1S/C26H26F5N3O2S/c27-20-8-17(9-21(28)12-20)16-4-5-24(18(13-32)14-33-22-6-7-36-15-22)25(10-16)34-37(35)23-3-1-2-19(11-23)26(29,30)31/h1,3-5,8-10,12-14,19,22-23,34H,2,6-7,11,15,32H2. The van der Waals surface area contributed by atoms with Crippen LogP contribution in [0.2, 0.25) is 0 Å². The van der Waals surface area contributed by atoms with Crippen LogP contribution in [0.3, 0.4) is 0 Å². The van der Waals surface area contributed by atoms with Crippen molar-refractivity contribution in [3.05, 3.63) is 71.9 Å². The number of nitrogens with one attached hydrogen (secondary N) is 1. The normalized spacial score (nSPS) is 23.5. The summed E-state index contributed by atoms with van der Waals surface area (Å²) in [6.07, 6.45) is 1.64. The van der Waals surface area contributed by atoms with Crippen LogP contribution in [0.15, 0.2) is 59.7 Å². The second kappa shape index (κ2) is 11.7. The Labute approximate surface area is 214 Å². The van der Waals surface area contributed by atoms with Gasteiger partial charge in [0.2, 0.25) is 0 Å². The second-order valence-corrected chi connectivity index (χ2v) is 10.3. The van der Waals surface area contributed by atoms with Gasteiger partial charge in [-0.15, -0.1) is 0 Å².